The second-order valence-electron chi connectivity index (χ2n) is 12.0. The third kappa shape index (κ3) is 4.26. The Hall–Kier alpha value is -6.13. The molecule has 222 valence electrons. The minimum absolute atomic E-state index is 0.0247. The lowest BCUT2D eigenvalue weighted by Gasteiger charge is -2.30. The van der Waals surface area contributed by atoms with Crippen LogP contribution in [0.25, 0.3) is 61.2 Å². The highest BCUT2D eigenvalue weighted by Crippen LogP contribution is 2.43. The zero-order valence-electron chi connectivity index (χ0n) is 25.6. The van der Waals surface area contributed by atoms with E-state index in [1.54, 1.807) is 6.20 Å². The van der Waals surface area contributed by atoms with E-state index >= 15 is 0 Å². The number of nitrogens with zero attached hydrogens (tertiary/aromatic N) is 3. The average molecular weight is 604 g/mol. The predicted octanol–water partition coefficient (Wildman–Crippen LogP) is 10.9. The van der Waals surface area contributed by atoms with Crippen LogP contribution < -0.4 is 0 Å². The number of rotatable bonds is 5. The molecule has 3 heterocycles. The second kappa shape index (κ2) is 10.7. The molecule has 9 rings (SSSR count). The Kier molecular flexibility index (Phi) is 6.22. The van der Waals surface area contributed by atoms with E-state index in [1.165, 1.54) is 5.56 Å². The fraction of sp³-hybridized carbons (Fsp3) is 0.0465. The first-order valence-corrected chi connectivity index (χ1v) is 15.8. The summed E-state index contributed by atoms with van der Waals surface area (Å²) in [5.74, 6) is 0.139. The topological polar surface area (TPSA) is 50.8 Å². The Morgan fingerprint density at radius 2 is 1.47 bits per heavy atom. The van der Waals surface area contributed by atoms with Gasteiger partial charge in [-0.25, -0.2) is 0 Å². The van der Waals surface area contributed by atoms with Crippen molar-refractivity contribution in [3.05, 3.63) is 162 Å². The standard InChI is InChI=1S/C43H29N3O/c1-3-31-36(25-30-9-8-24-45-41(30)42(31)44-2)28-18-14-26(15-19-28)27-16-20-29(21-17-27)40-35-23-22-33-32-10-5-7-13-38(32)47-43(33)39(35)34-11-4-6-12-37(34)46-40/h3-25,34,37H,1-2H2. The lowest BCUT2D eigenvalue weighted by atomic mass is 9.79. The molecule has 2 atom stereocenters. The number of hydrogen-bond donors (Lipinski definition) is 0. The van der Waals surface area contributed by atoms with E-state index in [1.807, 2.05) is 24.3 Å². The highest BCUT2D eigenvalue weighted by molar-refractivity contribution is 6.18. The normalized spacial score (nSPS) is 16.6. The van der Waals surface area contributed by atoms with Gasteiger partial charge in [0.1, 0.15) is 11.2 Å². The van der Waals surface area contributed by atoms with Crippen LogP contribution >= 0.6 is 0 Å². The molecule has 2 aliphatic rings. The van der Waals surface area contributed by atoms with Gasteiger partial charge in [0, 0.05) is 50.5 Å². The summed E-state index contributed by atoms with van der Waals surface area (Å²) in [5.41, 5.74) is 13.3. The van der Waals surface area contributed by atoms with Gasteiger partial charge in [0.05, 0.1) is 23.0 Å². The maximum Gasteiger partial charge on any atom is 0.139 e. The summed E-state index contributed by atoms with van der Waals surface area (Å²) in [6.07, 6.45) is 12.3. The first-order chi connectivity index (χ1) is 23.2. The van der Waals surface area contributed by atoms with Gasteiger partial charge in [-0.3, -0.25) is 15.0 Å². The van der Waals surface area contributed by atoms with Crippen molar-refractivity contribution in [3.63, 3.8) is 0 Å². The quantitative estimate of drug-likeness (QED) is 0.184. The fourth-order valence-corrected chi connectivity index (χ4v) is 7.27. The van der Waals surface area contributed by atoms with Gasteiger partial charge >= 0.3 is 0 Å². The summed E-state index contributed by atoms with van der Waals surface area (Å²) in [5, 5.41) is 3.32. The number of pyridine rings is 1. The first-order valence-electron chi connectivity index (χ1n) is 15.8. The molecule has 1 aliphatic heterocycles. The van der Waals surface area contributed by atoms with Crippen LogP contribution in [0.15, 0.2) is 155 Å². The number of furan rings is 1. The zero-order valence-corrected chi connectivity index (χ0v) is 25.6. The van der Waals surface area contributed by atoms with E-state index in [9.17, 15) is 0 Å². The van der Waals surface area contributed by atoms with Crippen molar-refractivity contribution in [2.75, 3.05) is 0 Å². The smallest absolute Gasteiger partial charge is 0.139 e. The van der Waals surface area contributed by atoms with E-state index in [-0.39, 0.29) is 12.0 Å². The summed E-state index contributed by atoms with van der Waals surface area (Å²) >= 11 is 0. The Morgan fingerprint density at radius 1 is 0.723 bits per heavy atom. The maximum absolute atomic E-state index is 6.52. The van der Waals surface area contributed by atoms with E-state index in [2.05, 4.69) is 133 Å². The maximum atomic E-state index is 6.52. The molecular weight excluding hydrogens is 574 g/mol. The van der Waals surface area contributed by atoms with Crippen LogP contribution in [-0.4, -0.2) is 23.5 Å². The van der Waals surface area contributed by atoms with Gasteiger partial charge in [-0.1, -0.05) is 116 Å². The number of benzene rings is 5. The average Bonchev–Trinajstić information content (AvgIpc) is 3.52. The largest absolute Gasteiger partial charge is 0.456 e. The second-order valence-corrected chi connectivity index (χ2v) is 12.0. The van der Waals surface area contributed by atoms with Crippen molar-refractivity contribution in [3.8, 4) is 22.3 Å². The summed E-state index contributed by atoms with van der Waals surface area (Å²) in [7, 11) is 0. The third-order valence-corrected chi connectivity index (χ3v) is 9.52. The molecule has 4 heteroatoms. The van der Waals surface area contributed by atoms with Crippen LogP contribution in [0.5, 0.6) is 0 Å². The number of fused-ring (bicyclic) bond motifs is 8. The molecule has 0 saturated carbocycles. The van der Waals surface area contributed by atoms with Gasteiger partial charge in [-0.15, -0.1) is 0 Å². The third-order valence-electron chi connectivity index (χ3n) is 9.52. The number of aromatic nitrogens is 1. The molecule has 1 aliphatic carbocycles. The van der Waals surface area contributed by atoms with E-state index < -0.39 is 0 Å². The summed E-state index contributed by atoms with van der Waals surface area (Å²) < 4.78 is 6.52. The Bertz CT molecular complexity index is 2490. The molecule has 0 bridgehead atoms. The van der Waals surface area contributed by atoms with Crippen molar-refractivity contribution < 1.29 is 4.42 Å². The monoisotopic (exact) mass is 603 g/mol. The number of aliphatic imine (C=N–C) groups is 2. The van der Waals surface area contributed by atoms with Gasteiger partial charge < -0.3 is 4.42 Å². The highest BCUT2D eigenvalue weighted by atomic mass is 16.3. The lowest BCUT2D eigenvalue weighted by molar-refractivity contribution is 0.641. The van der Waals surface area contributed by atoms with Crippen molar-refractivity contribution in [1.29, 1.82) is 0 Å². The predicted molar refractivity (Wildman–Crippen MR) is 196 cm³/mol. The minimum atomic E-state index is 0.0247. The molecule has 47 heavy (non-hydrogen) atoms. The van der Waals surface area contributed by atoms with Crippen molar-refractivity contribution in [2.45, 2.75) is 12.0 Å². The van der Waals surface area contributed by atoms with Gasteiger partial charge in [0.25, 0.3) is 0 Å². The van der Waals surface area contributed by atoms with E-state index in [0.29, 0.717) is 0 Å². The number of para-hydroxylation sites is 1. The van der Waals surface area contributed by atoms with E-state index in [4.69, 9.17) is 9.41 Å². The SMILES string of the molecule is C=Cc1c(-c2ccc(-c3ccc(C4=NC5C=CC=CC5c5c4ccc4c5oc5ccccc54)cc3)cc2)cc2cccnc2c1N=C. The summed E-state index contributed by atoms with van der Waals surface area (Å²) in [6, 6.07) is 36.3. The molecule has 4 nitrogen and oxygen atoms in total. The van der Waals surface area contributed by atoms with Gasteiger partial charge in [-0.2, -0.15) is 0 Å². The fourth-order valence-electron chi connectivity index (χ4n) is 7.27. The molecule has 2 aromatic heterocycles. The van der Waals surface area contributed by atoms with Gasteiger partial charge in [0.2, 0.25) is 0 Å². The summed E-state index contributed by atoms with van der Waals surface area (Å²) in [6.45, 7) is 7.88. The van der Waals surface area contributed by atoms with Crippen molar-refractivity contribution >= 4 is 57.0 Å². The first kappa shape index (κ1) is 27.2. The van der Waals surface area contributed by atoms with Gasteiger partial charge in [-0.05, 0) is 53.2 Å². The Labute approximate surface area is 272 Å². The van der Waals surface area contributed by atoms with Crippen LogP contribution in [-0.2, 0) is 0 Å². The minimum Gasteiger partial charge on any atom is -0.456 e. The number of hydrogen-bond acceptors (Lipinski definition) is 4. The van der Waals surface area contributed by atoms with Crippen molar-refractivity contribution in [2.24, 2.45) is 9.98 Å². The summed E-state index contributed by atoms with van der Waals surface area (Å²) in [4.78, 5) is 14.2. The molecule has 0 saturated heterocycles. The zero-order chi connectivity index (χ0) is 31.5. The molecular formula is C43H29N3O. The van der Waals surface area contributed by atoms with Crippen LogP contribution in [0.3, 0.4) is 0 Å². The van der Waals surface area contributed by atoms with Crippen LogP contribution in [0, 0.1) is 0 Å². The molecule has 5 aromatic carbocycles. The lowest BCUT2D eigenvalue weighted by Crippen LogP contribution is -2.25. The van der Waals surface area contributed by atoms with Crippen LogP contribution in [0.1, 0.15) is 28.2 Å². The molecule has 0 spiro atoms. The molecule has 0 amide bonds. The molecule has 0 fully saturated rings. The number of allylic oxidation sites excluding steroid dienone is 2. The van der Waals surface area contributed by atoms with Crippen LogP contribution in [0.2, 0.25) is 0 Å². The van der Waals surface area contributed by atoms with Gasteiger partial charge in [0.15, 0.2) is 0 Å². The molecule has 7 aromatic rings. The highest BCUT2D eigenvalue weighted by Gasteiger charge is 2.33. The molecule has 0 radical (unpaired) electrons. The van der Waals surface area contributed by atoms with Crippen LogP contribution in [0.4, 0.5) is 5.69 Å². The van der Waals surface area contributed by atoms with E-state index in [0.717, 1.165) is 83.2 Å². The van der Waals surface area contributed by atoms with Crippen molar-refractivity contribution in [1.82, 2.24) is 4.98 Å². The Morgan fingerprint density at radius 3 is 2.26 bits per heavy atom. The molecule has 2 unspecified atom stereocenters. The Balaban J connectivity index is 1.09. The molecule has 0 N–H and O–H groups in total.